The van der Waals surface area contributed by atoms with E-state index in [1.165, 1.54) is 7.05 Å². The van der Waals surface area contributed by atoms with E-state index < -0.39 is 57.1 Å². The van der Waals surface area contributed by atoms with E-state index in [1.54, 1.807) is 30.3 Å². The molecule has 2 aromatic rings. The van der Waals surface area contributed by atoms with E-state index in [9.17, 15) is 27.3 Å². The summed E-state index contributed by atoms with van der Waals surface area (Å²) < 4.78 is 66.7. The van der Waals surface area contributed by atoms with Gasteiger partial charge in [-0.15, -0.1) is 0 Å². The van der Waals surface area contributed by atoms with Crippen molar-refractivity contribution < 1.29 is 37.1 Å². The fraction of sp³-hybridized carbons (Fsp3) is 0.421. The van der Waals surface area contributed by atoms with E-state index >= 15 is 0 Å². The van der Waals surface area contributed by atoms with E-state index in [-0.39, 0.29) is 12.3 Å². The number of rotatable bonds is 11. The number of hydrogen-bond acceptors (Lipinski definition) is 8. The first-order valence-electron chi connectivity index (χ1n) is 9.37. The summed E-state index contributed by atoms with van der Waals surface area (Å²) in [6, 6.07) is 7.24. The van der Waals surface area contributed by atoms with Gasteiger partial charge in [0, 0.05) is 27.7 Å². The Morgan fingerprint density at radius 3 is 2.38 bits per heavy atom. The number of aliphatic carboxylic acids is 1. The zero-order chi connectivity index (χ0) is 24.0. The highest BCUT2D eigenvalue weighted by Crippen LogP contribution is 2.41. The maximum atomic E-state index is 13.7. The Morgan fingerprint density at radius 1 is 1.22 bits per heavy atom. The fourth-order valence-corrected chi connectivity index (χ4v) is 4.17. The van der Waals surface area contributed by atoms with Crippen LogP contribution in [0.25, 0.3) is 0 Å². The number of carboxylic acid groups (broad SMARTS) is 1. The minimum absolute atomic E-state index is 0.0967. The normalized spacial score (nSPS) is 16.5. The third kappa shape index (κ3) is 6.61. The van der Waals surface area contributed by atoms with Gasteiger partial charge in [-0.05, 0) is 25.6 Å². The van der Waals surface area contributed by atoms with Gasteiger partial charge in [-0.3, -0.25) is 14.6 Å². The minimum Gasteiger partial charge on any atom is -0.480 e. The molecule has 4 N–H and O–H groups in total. The molecule has 0 aliphatic heterocycles. The average Bonchev–Trinajstić information content (AvgIpc) is 2.72. The molecule has 1 aromatic heterocycles. The second-order valence-electron chi connectivity index (χ2n) is 6.95. The van der Waals surface area contributed by atoms with Crippen molar-refractivity contribution in [1.82, 2.24) is 15.3 Å². The second-order valence-corrected chi connectivity index (χ2v) is 9.39. The van der Waals surface area contributed by atoms with Gasteiger partial charge in [-0.1, -0.05) is 18.2 Å². The van der Waals surface area contributed by atoms with E-state index in [4.69, 9.17) is 14.6 Å². The molecule has 0 aliphatic carbocycles. The van der Waals surface area contributed by atoms with Gasteiger partial charge in [0.1, 0.15) is 11.8 Å². The van der Waals surface area contributed by atoms with Crippen LogP contribution in [-0.2, 0) is 20.1 Å². The molecule has 0 bridgehead atoms. The number of nitrogens with zero attached hydrogens (tertiary/aromatic N) is 2. The summed E-state index contributed by atoms with van der Waals surface area (Å²) in [6.07, 6.45) is -4.89. The predicted molar refractivity (Wildman–Crippen MR) is 109 cm³/mol. The second kappa shape index (κ2) is 10.2. The number of carbonyl (C=O) groups is 1. The van der Waals surface area contributed by atoms with Crippen LogP contribution in [0.15, 0.2) is 42.7 Å². The SMILES string of the molecule is CNC(CCS(=N)(=O)CCC(O)(c1cnc(Oc2ccccc2)cn1)C(F)(F)F)C(=O)O. The van der Waals surface area contributed by atoms with Gasteiger partial charge >= 0.3 is 12.1 Å². The van der Waals surface area contributed by atoms with Crippen molar-refractivity contribution in [3.05, 3.63) is 48.4 Å². The zero-order valence-corrected chi connectivity index (χ0v) is 17.8. The standard InChI is InChI=1S/C19H23F3N4O5S/c1-24-14(17(27)28)7-9-32(23,30)10-8-18(29,19(20,21)22)15-11-26-16(12-25-15)31-13-5-3-2-4-6-13/h2-6,11-12,14,23-24,29H,7-10H2,1H3,(H,27,28). The first-order valence-corrected chi connectivity index (χ1v) is 11.3. The van der Waals surface area contributed by atoms with Gasteiger partial charge in [-0.25, -0.2) is 9.19 Å². The Morgan fingerprint density at radius 2 is 1.88 bits per heavy atom. The molecule has 9 nitrogen and oxygen atoms in total. The van der Waals surface area contributed by atoms with Crippen molar-refractivity contribution in [2.24, 2.45) is 0 Å². The first kappa shape index (κ1) is 25.5. The molecule has 3 unspecified atom stereocenters. The number of nitrogens with one attached hydrogen (secondary N) is 2. The number of alkyl halides is 3. The van der Waals surface area contributed by atoms with Crippen LogP contribution in [0.3, 0.4) is 0 Å². The number of aromatic nitrogens is 2. The lowest BCUT2D eigenvalue weighted by atomic mass is 9.96. The molecule has 0 fully saturated rings. The summed E-state index contributed by atoms with van der Waals surface area (Å²) in [6.45, 7) is 0. The Labute approximate surface area is 182 Å². The number of hydrogen-bond donors (Lipinski definition) is 4. The van der Waals surface area contributed by atoms with Gasteiger partial charge in [-0.2, -0.15) is 13.2 Å². The monoisotopic (exact) mass is 476 g/mol. The Hall–Kier alpha value is -2.77. The Kier molecular flexibility index (Phi) is 8.15. The van der Waals surface area contributed by atoms with Crippen LogP contribution in [-0.4, -0.2) is 61.1 Å². The number of carboxylic acids is 1. The maximum Gasteiger partial charge on any atom is 0.423 e. The van der Waals surface area contributed by atoms with Gasteiger partial charge in [0.2, 0.25) is 11.5 Å². The van der Waals surface area contributed by atoms with E-state index in [2.05, 4.69) is 15.3 Å². The molecule has 0 spiro atoms. The molecule has 0 amide bonds. The highest BCUT2D eigenvalue weighted by atomic mass is 32.2. The van der Waals surface area contributed by atoms with Crippen molar-refractivity contribution in [3.8, 4) is 11.6 Å². The molecular weight excluding hydrogens is 453 g/mol. The topological polar surface area (TPSA) is 145 Å². The maximum absolute atomic E-state index is 13.7. The van der Waals surface area contributed by atoms with Crippen LogP contribution in [0.5, 0.6) is 11.6 Å². The van der Waals surface area contributed by atoms with Crippen molar-refractivity contribution in [2.45, 2.75) is 30.7 Å². The third-order valence-corrected chi connectivity index (χ3v) is 6.42. The van der Waals surface area contributed by atoms with Gasteiger partial charge in [0.15, 0.2) is 0 Å². The van der Waals surface area contributed by atoms with Crippen molar-refractivity contribution in [1.29, 1.82) is 4.78 Å². The quantitative estimate of drug-likeness (QED) is 0.387. The summed E-state index contributed by atoms with van der Waals surface area (Å²) >= 11 is 0. The molecule has 0 saturated carbocycles. The minimum atomic E-state index is -5.19. The summed E-state index contributed by atoms with van der Waals surface area (Å²) in [7, 11) is -2.25. The number of ether oxygens (including phenoxy) is 1. The lowest BCUT2D eigenvalue weighted by molar-refractivity contribution is -0.269. The molecule has 1 heterocycles. The number of para-hydroxylation sites is 1. The third-order valence-electron chi connectivity index (χ3n) is 4.66. The number of halogens is 3. The van der Waals surface area contributed by atoms with Gasteiger partial charge in [0.05, 0.1) is 18.1 Å². The van der Waals surface area contributed by atoms with Gasteiger partial charge < -0.3 is 20.3 Å². The molecular formula is C19H23F3N4O5S. The smallest absolute Gasteiger partial charge is 0.423 e. The van der Waals surface area contributed by atoms with Crippen LogP contribution in [0.2, 0.25) is 0 Å². The fourth-order valence-electron chi connectivity index (χ4n) is 2.72. The van der Waals surface area contributed by atoms with E-state index in [0.717, 1.165) is 6.20 Å². The number of benzene rings is 1. The molecule has 32 heavy (non-hydrogen) atoms. The van der Waals surface area contributed by atoms with Crippen molar-refractivity contribution >= 4 is 15.7 Å². The first-order chi connectivity index (χ1) is 14.9. The summed E-state index contributed by atoms with van der Waals surface area (Å²) in [5, 5.41) is 21.8. The van der Waals surface area contributed by atoms with Crippen LogP contribution in [0, 0.1) is 4.78 Å². The highest BCUT2D eigenvalue weighted by Gasteiger charge is 2.56. The zero-order valence-electron chi connectivity index (χ0n) is 17.0. The van der Waals surface area contributed by atoms with Crippen LogP contribution in [0.4, 0.5) is 13.2 Å². The largest absolute Gasteiger partial charge is 0.480 e. The molecule has 176 valence electrons. The Bertz CT molecular complexity index is 1000. The predicted octanol–water partition coefficient (Wildman–Crippen LogP) is 2.52. The molecule has 0 aliphatic rings. The summed E-state index contributed by atoms with van der Waals surface area (Å²) in [5.41, 5.74) is -4.33. The lowest BCUT2D eigenvalue weighted by Crippen LogP contribution is -2.44. The summed E-state index contributed by atoms with van der Waals surface area (Å²) in [5.74, 6) is -2.21. The van der Waals surface area contributed by atoms with E-state index in [1.807, 2.05) is 0 Å². The summed E-state index contributed by atoms with van der Waals surface area (Å²) in [4.78, 5) is 18.4. The molecule has 0 radical (unpaired) electrons. The molecule has 2 rings (SSSR count). The van der Waals surface area contributed by atoms with Crippen molar-refractivity contribution in [2.75, 3.05) is 18.6 Å². The highest BCUT2D eigenvalue weighted by molar-refractivity contribution is 7.92. The Balaban J connectivity index is 2.15. The molecule has 1 aromatic carbocycles. The van der Waals surface area contributed by atoms with Crippen LogP contribution >= 0.6 is 0 Å². The molecule has 0 saturated heterocycles. The lowest BCUT2D eigenvalue weighted by Gasteiger charge is -2.30. The van der Waals surface area contributed by atoms with Crippen LogP contribution in [0.1, 0.15) is 18.5 Å². The average molecular weight is 476 g/mol. The van der Waals surface area contributed by atoms with E-state index in [0.29, 0.717) is 11.9 Å². The van der Waals surface area contributed by atoms with Crippen molar-refractivity contribution in [3.63, 3.8) is 0 Å². The number of likely N-dealkylation sites (N-methyl/N-ethyl adjacent to an activating group) is 1. The van der Waals surface area contributed by atoms with Crippen LogP contribution < -0.4 is 10.1 Å². The molecule has 13 heteroatoms. The van der Waals surface area contributed by atoms with Gasteiger partial charge in [0.25, 0.3) is 0 Å². The molecule has 3 atom stereocenters. The number of aliphatic hydroxyl groups is 1.